The van der Waals surface area contributed by atoms with Gasteiger partial charge in [0, 0.05) is 5.88 Å². The van der Waals surface area contributed by atoms with E-state index in [1.807, 2.05) is 30.3 Å². The second-order valence-electron chi connectivity index (χ2n) is 4.71. The van der Waals surface area contributed by atoms with Crippen molar-refractivity contribution < 1.29 is 17.9 Å². The fourth-order valence-electron chi connectivity index (χ4n) is 1.89. The van der Waals surface area contributed by atoms with Gasteiger partial charge in [0.2, 0.25) is 0 Å². The molecule has 0 heterocycles. The van der Waals surface area contributed by atoms with Crippen LogP contribution in [0.2, 0.25) is 0 Å². The van der Waals surface area contributed by atoms with E-state index in [-0.39, 0.29) is 6.42 Å². The summed E-state index contributed by atoms with van der Waals surface area (Å²) in [5.41, 5.74) is -1.01. The monoisotopic (exact) mass is 302 g/mol. The van der Waals surface area contributed by atoms with Gasteiger partial charge in [0.05, 0.1) is 0 Å². The molecule has 0 radical (unpaired) electrons. The molecule has 1 aromatic carbocycles. The second-order valence-corrected chi connectivity index (χ2v) is 4.97. The van der Waals surface area contributed by atoms with Gasteiger partial charge in [-0.1, -0.05) is 36.4 Å². The molecular formula is C15H14ClF3O. The number of rotatable bonds is 4. The highest BCUT2D eigenvalue weighted by atomic mass is 35.5. The Morgan fingerprint density at radius 3 is 2.40 bits per heavy atom. The summed E-state index contributed by atoms with van der Waals surface area (Å²) >= 11 is 5.50. The van der Waals surface area contributed by atoms with Crippen LogP contribution in [0, 0.1) is 5.41 Å². The van der Waals surface area contributed by atoms with Crippen molar-refractivity contribution >= 4 is 11.6 Å². The predicted octanol–water partition coefficient (Wildman–Crippen LogP) is 4.83. The Balaban J connectivity index is 1.98. The molecule has 0 N–H and O–H groups in total. The number of hydrogen-bond donors (Lipinski definition) is 0. The molecule has 1 nitrogen and oxygen atoms in total. The van der Waals surface area contributed by atoms with Crippen molar-refractivity contribution in [2.75, 3.05) is 5.88 Å². The molecule has 0 spiro atoms. The van der Waals surface area contributed by atoms with E-state index in [0.29, 0.717) is 12.4 Å². The number of alkyl halides is 4. The summed E-state index contributed by atoms with van der Waals surface area (Å²) in [4.78, 5) is 0. The van der Waals surface area contributed by atoms with Crippen LogP contribution < -0.4 is 0 Å². The third-order valence-corrected chi connectivity index (χ3v) is 3.76. The van der Waals surface area contributed by atoms with Crippen molar-refractivity contribution in [3.8, 4) is 0 Å². The molecule has 1 aliphatic carbocycles. The summed E-state index contributed by atoms with van der Waals surface area (Å²) in [7, 11) is 0. The van der Waals surface area contributed by atoms with Gasteiger partial charge in [0.15, 0.2) is 0 Å². The maximum atomic E-state index is 13.0. The lowest BCUT2D eigenvalue weighted by atomic mass is 9.82. The van der Waals surface area contributed by atoms with E-state index in [2.05, 4.69) is 0 Å². The minimum atomic E-state index is -4.35. The van der Waals surface area contributed by atoms with Gasteiger partial charge in [-0.3, -0.25) is 0 Å². The highest BCUT2D eigenvalue weighted by molar-refractivity contribution is 6.18. The Hall–Kier alpha value is -1.42. The zero-order chi connectivity index (χ0) is 14.6. The van der Waals surface area contributed by atoms with Crippen molar-refractivity contribution in [1.82, 2.24) is 0 Å². The first kappa shape index (κ1) is 15.0. The molecule has 0 aliphatic heterocycles. The van der Waals surface area contributed by atoms with Crippen LogP contribution >= 0.6 is 11.6 Å². The molecule has 1 atom stereocenters. The van der Waals surface area contributed by atoms with Crippen LogP contribution in [0.3, 0.4) is 0 Å². The summed E-state index contributed by atoms with van der Waals surface area (Å²) in [6.45, 7) is 0.330. The number of allylic oxidation sites excluding steroid dienone is 3. The third kappa shape index (κ3) is 3.18. The van der Waals surface area contributed by atoms with E-state index < -0.39 is 17.5 Å². The van der Waals surface area contributed by atoms with Gasteiger partial charge in [0.25, 0.3) is 0 Å². The van der Waals surface area contributed by atoms with Crippen LogP contribution in [0.1, 0.15) is 12.0 Å². The number of hydrogen-bond acceptors (Lipinski definition) is 1. The van der Waals surface area contributed by atoms with E-state index in [4.69, 9.17) is 16.3 Å². The summed E-state index contributed by atoms with van der Waals surface area (Å²) in [5, 5.41) is 0. The molecule has 1 unspecified atom stereocenters. The van der Waals surface area contributed by atoms with Crippen LogP contribution in [0.5, 0.6) is 0 Å². The Labute approximate surface area is 120 Å². The Morgan fingerprint density at radius 2 is 1.90 bits per heavy atom. The fourth-order valence-corrected chi connectivity index (χ4v) is 2.24. The van der Waals surface area contributed by atoms with Crippen LogP contribution in [0.25, 0.3) is 0 Å². The zero-order valence-corrected chi connectivity index (χ0v) is 11.4. The first-order valence-electron chi connectivity index (χ1n) is 6.16. The summed E-state index contributed by atoms with van der Waals surface area (Å²) in [5.74, 6) is -0.0472. The molecule has 0 saturated heterocycles. The Morgan fingerprint density at radius 1 is 1.20 bits per heavy atom. The average Bonchev–Trinajstić information content (AvgIpc) is 2.45. The average molecular weight is 303 g/mol. The lowest BCUT2D eigenvalue weighted by Gasteiger charge is -2.32. The Kier molecular flexibility index (Phi) is 4.43. The van der Waals surface area contributed by atoms with Gasteiger partial charge >= 0.3 is 6.18 Å². The number of ether oxygens (including phenoxy) is 1. The van der Waals surface area contributed by atoms with E-state index in [1.54, 1.807) is 0 Å². The molecule has 108 valence electrons. The van der Waals surface area contributed by atoms with Crippen molar-refractivity contribution in [3.63, 3.8) is 0 Å². The summed E-state index contributed by atoms with van der Waals surface area (Å²) in [6, 6.07) is 9.44. The molecule has 20 heavy (non-hydrogen) atoms. The van der Waals surface area contributed by atoms with Gasteiger partial charge < -0.3 is 4.74 Å². The zero-order valence-electron chi connectivity index (χ0n) is 10.7. The minimum absolute atomic E-state index is 0.194. The molecule has 5 heteroatoms. The normalized spacial score (nSPS) is 22.5. The standard InChI is InChI=1S/C15H14ClF3O/c16-11-14(15(17,18)19)8-6-13(7-9-14)20-10-12-4-2-1-3-5-12/h1-8H,9-11H2. The fraction of sp³-hybridized carbons (Fsp3) is 0.333. The van der Waals surface area contributed by atoms with Crippen LogP contribution in [0.4, 0.5) is 13.2 Å². The minimum Gasteiger partial charge on any atom is -0.489 e. The SMILES string of the molecule is FC(F)(F)C1(CCl)C=CC(OCc2ccccc2)=CC1. The van der Waals surface area contributed by atoms with Gasteiger partial charge in [-0.2, -0.15) is 13.2 Å². The van der Waals surface area contributed by atoms with Crippen LogP contribution in [-0.4, -0.2) is 12.1 Å². The predicted molar refractivity (Wildman–Crippen MR) is 72.3 cm³/mol. The molecule has 0 fully saturated rings. The maximum absolute atomic E-state index is 13.0. The molecule has 0 saturated carbocycles. The lowest BCUT2D eigenvalue weighted by Crippen LogP contribution is -2.38. The molecule has 0 bridgehead atoms. The quantitative estimate of drug-likeness (QED) is 0.724. The van der Waals surface area contributed by atoms with E-state index in [1.165, 1.54) is 12.2 Å². The van der Waals surface area contributed by atoms with Gasteiger partial charge in [-0.25, -0.2) is 0 Å². The van der Waals surface area contributed by atoms with E-state index in [9.17, 15) is 13.2 Å². The smallest absolute Gasteiger partial charge is 0.399 e. The molecule has 0 amide bonds. The highest BCUT2D eigenvalue weighted by Crippen LogP contribution is 2.45. The van der Waals surface area contributed by atoms with Crippen molar-refractivity contribution in [1.29, 1.82) is 0 Å². The van der Waals surface area contributed by atoms with Gasteiger partial charge in [-0.05, 0) is 24.1 Å². The molecule has 1 aliphatic rings. The summed E-state index contributed by atoms with van der Waals surface area (Å²) < 4.78 is 44.4. The highest BCUT2D eigenvalue weighted by Gasteiger charge is 2.52. The first-order chi connectivity index (χ1) is 9.47. The van der Waals surface area contributed by atoms with Crippen molar-refractivity contribution in [3.05, 3.63) is 59.9 Å². The third-order valence-electron chi connectivity index (χ3n) is 3.29. The maximum Gasteiger partial charge on any atom is 0.399 e. The molecule has 2 rings (SSSR count). The molecular weight excluding hydrogens is 289 g/mol. The lowest BCUT2D eigenvalue weighted by molar-refractivity contribution is -0.198. The topological polar surface area (TPSA) is 9.23 Å². The largest absolute Gasteiger partial charge is 0.489 e. The van der Waals surface area contributed by atoms with Gasteiger partial charge in [-0.15, -0.1) is 11.6 Å². The first-order valence-corrected chi connectivity index (χ1v) is 6.69. The van der Waals surface area contributed by atoms with Gasteiger partial charge in [0.1, 0.15) is 17.8 Å². The second kappa shape index (κ2) is 5.92. The van der Waals surface area contributed by atoms with E-state index in [0.717, 1.165) is 11.6 Å². The molecule has 0 aromatic heterocycles. The number of benzene rings is 1. The van der Waals surface area contributed by atoms with E-state index >= 15 is 0 Å². The Bertz CT molecular complexity index is 508. The molecule has 1 aromatic rings. The van der Waals surface area contributed by atoms with Crippen molar-refractivity contribution in [2.24, 2.45) is 5.41 Å². The van der Waals surface area contributed by atoms with Crippen LogP contribution in [-0.2, 0) is 11.3 Å². The summed E-state index contributed by atoms with van der Waals surface area (Å²) in [6.07, 6.45) is -0.658. The number of halogens is 4. The van der Waals surface area contributed by atoms with Crippen molar-refractivity contribution in [2.45, 2.75) is 19.2 Å². The van der Waals surface area contributed by atoms with Crippen LogP contribution in [0.15, 0.2) is 54.3 Å².